The van der Waals surface area contributed by atoms with Crippen molar-refractivity contribution in [3.8, 4) is 0 Å². The van der Waals surface area contributed by atoms with Gasteiger partial charge in [-0.3, -0.25) is 9.48 Å². The van der Waals surface area contributed by atoms with Crippen LogP contribution >= 0.6 is 0 Å². The molecule has 1 unspecified atom stereocenters. The first-order chi connectivity index (χ1) is 11.0. The van der Waals surface area contributed by atoms with Gasteiger partial charge in [0.05, 0.1) is 0 Å². The lowest BCUT2D eigenvalue weighted by Crippen LogP contribution is -2.44. The van der Waals surface area contributed by atoms with E-state index in [1.807, 2.05) is 28.8 Å². The normalized spacial score (nSPS) is 20.9. The highest BCUT2D eigenvalue weighted by atomic mass is 16.2. The Hall–Kier alpha value is -2.24. The van der Waals surface area contributed by atoms with E-state index in [-0.39, 0.29) is 5.91 Å². The van der Waals surface area contributed by atoms with E-state index in [1.54, 1.807) is 12.3 Å². The Kier molecular flexibility index (Phi) is 4.15. The van der Waals surface area contributed by atoms with Crippen molar-refractivity contribution in [2.45, 2.75) is 52.1 Å². The topological polar surface area (TPSA) is 63.9 Å². The van der Waals surface area contributed by atoms with Crippen molar-refractivity contribution in [1.82, 2.24) is 24.6 Å². The first kappa shape index (κ1) is 15.6. The highest BCUT2D eigenvalue weighted by Crippen LogP contribution is 2.37. The maximum absolute atomic E-state index is 12.9. The number of aromatic nitrogens is 4. The fourth-order valence-electron chi connectivity index (χ4n) is 3.20. The summed E-state index contributed by atoms with van der Waals surface area (Å²) in [5.74, 6) is 0.682. The van der Waals surface area contributed by atoms with Crippen molar-refractivity contribution in [2.75, 3.05) is 6.54 Å². The highest BCUT2D eigenvalue weighted by molar-refractivity contribution is 5.93. The molecule has 0 bridgehead atoms. The van der Waals surface area contributed by atoms with Crippen LogP contribution in [0.25, 0.3) is 0 Å². The van der Waals surface area contributed by atoms with Gasteiger partial charge in [-0.15, -0.1) is 0 Å². The molecule has 6 heteroatoms. The number of aryl methyl sites for hydroxylation is 2. The fourth-order valence-corrected chi connectivity index (χ4v) is 3.20. The second-order valence-corrected chi connectivity index (χ2v) is 6.32. The minimum Gasteiger partial charge on any atom is -0.325 e. The zero-order valence-corrected chi connectivity index (χ0v) is 14.0. The number of hydrogen-bond acceptors (Lipinski definition) is 4. The Morgan fingerprint density at radius 1 is 1.39 bits per heavy atom. The summed E-state index contributed by atoms with van der Waals surface area (Å²) in [5.41, 5.74) is 0.958. The van der Waals surface area contributed by atoms with Crippen LogP contribution < -0.4 is 0 Å². The maximum atomic E-state index is 12.9. The van der Waals surface area contributed by atoms with E-state index in [2.05, 4.69) is 28.9 Å². The summed E-state index contributed by atoms with van der Waals surface area (Å²) in [6, 6.07) is 3.67. The number of amides is 1. The molecule has 0 N–H and O–H groups in total. The van der Waals surface area contributed by atoms with E-state index in [4.69, 9.17) is 0 Å². The lowest BCUT2D eigenvalue weighted by Gasteiger charge is -2.33. The zero-order chi connectivity index (χ0) is 16.4. The predicted molar refractivity (Wildman–Crippen MR) is 86.9 cm³/mol. The summed E-state index contributed by atoms with van der Waals surface area (Å²) in [4.78, 5) is 23.8. The minimum atomic E-state index is -0.461. The molecule has 0 radical (unpaired) electrons. The SMILES string of the molecule is CCCn1ccc(C(=O)N2CCCC2(C)c2nccc(C)n2)n1. The van der Waals surface area contributed by atoms with Crippen LogP contribution in [0.1, 0.15) is 55.1 Å². The highest BCUT2D eigenvalue weighted by Gasteiger charge is 2.44. The van der Waals surface area contributed by atoms with Gasteiger partial charge in [0.15, 0.2) is 5.82 Å². The molecule has 1 amide bonds. The molecule has 1 fully saturated rings. The Labute approximate surface area is 136 Å². The molecular weight excluding hydrogens is 290 g/mol. The Bertz CT molecular complexity index is 711. The van der Waals surface area contributed by atoms with Crippen LogP contribution in [0.15, 0.2) is 24.5 Å². The van der Waals surface area contributed by atoms with Crippen LogP contribution in [0, 0.1) is 6.92 Å². The monoisotopic (exact) mass is 313 g/mol. The maximum Gasteiger partial charge on any atom is 0.275 e. The average molecular weight is 313 g/mol. The van der Waals surface area contributed by atoms with Crippen LogP contribution in [-0.4, -0.2) is 37.1 Å². The molecular formula is C17H23N5O. The first-order valence-electron chi connectivity index (χ1n) is 8.20. The number of hydrogen-bond donors (Lipinski definition) is 0. The van der Waals surface area contributed by atoms with Gasteiger partial charge in [-0.2, -0.15) is 5.10 Å². The summed E-state index contributed by atoms with van der Waals surface area (Å²) >= 11 is 0. The standard InChI is InChI=1S/C17H23N5O/c1-4-10-21-12-7-14(20-21)15(23)22-11-5-8-17(22,3)16-18-9-6-13(2)19-16/h6-7,9,12H,4-5,8,10-11H2,1-3H3. The van der Waals surface area contributed by atoms with Crippen LogP contribution in [0.2, 0.25) is 0 Å². The molecule has 3 heterocycles. The van der Waals surface area contributed by atoms with Gasteiger partial charge in [0.1, 0.15) is 11.2 Å². The van der Waals surface area contributed by atoms with Gasteiger partial charge in [-0.1, -0.05) is 6.92 Å². The Morgan fingerprint density at radius 3 is 2.96 bits per heavy atom. The van der Waals surface area contributed by atoms with Crippen molar-refractivity contribution in [1.29, 1.82) is 0 Å². The molecule has 1 saturated heterocycles. The van der Waals surface area contributed by atoms with Gasteiger partial charge in [0.2, 0.25) is 0 Å². The van der Waals surface area contributed by atoms with Crippen LogP contribution in [0.5, 0.6) is 0 Å². The molecule has 1 aliphatic heterocycles. The second kappa shape index (κ2) is 6.10. The smallest absolute Gasteiger partial charge is 0.275 e. The quantitative estimate of drug-likeness (QED) is 0.870. The molecule has 0 saturated carbocycles. The molecule has 1 atom stereocenters. The van der Waals surface area contributed by atoms with Gasteiger partial charge in [0.25, 0.3) is 5.91 Å². The molecule has 0 spiro atoms. The lowest BCUT2D eigenvalue weighted by atomic mass is 9.97. The Morgan fingerprint density at radius 2 is 2.22 bits per heavy atom. The van der Waals surface area contributed by atoms with Gasteiger partial charge in [-0.25, -0.2) is 9.97 Å². The third-order valence-electron chi connectivity index (χ3n) is 4.48. The van der Waals surface area contributed by atoms with E-state index < -0.39 is 5.54 Å². The first-order valence-corrected chi connectivity index (χ1v) is 8.20. The molecule has 122 valence electrons. The third-order valence-corrected chi connectivity index (χ3v) is 4.48. The van der Waals surface area contributed by atoms with Gasteiger partial charge < -0.3 is 4.90 Å². The van der Waals surface area contributed by atoms with Crippen molar-refractivity contribution in [3.05, 3.63) is 41.7 Å². The number of carbonyl (C=O) groups excluding carboxylic acids is 1. The summed E-state index contributed by atoms with van der Waals surface area (Å²) in [7, 11) is 0. The summed E-state index contributed by atoms with van der Waals surface area (Å²) in [6.45, 7) is 7.63. The van der Waals surface area contributed by atoms with Crippen molar-refractivity contribution >= 4 is 5.91 Å². The molecule has 2 aromatic heterocycles. The van der Waals surface area contributed by atoms with Gasteiger partial charge in [-0.05, 0) is 45.2 Å². The summed E-state index contributed by atoms with van der Waals surface area (Å²) in [5, 5.41) is 4.41. The predicted octanol–water partition coefficient (Wildman–Crippen LogP) is 2.54. The van der Waals surface area contributed by atoms with E-state index in [9.17, 15) is 4.79 Å². The van der Waals surface area contributed by atoms with E-state index in [0.717, 1.165) is 37.3 Å². The molecule has 0 aliphatic carbocycles. The molecule has 6 nitrogen and oxygen atoms in total. The van der Waals surface area contributed by atoms with E-state index in [1.165, 1.54) is 0 Å². The van der Waals surface area contributed by atoms with E-state index >= 15 is 0 Å². The fraction of sp³-hybridized carbons (Fsp3) is 0.529. The average Bonchev–Trinajstić information content (AvgIpc) is 3.15. The van der Waals surface area contributed by atoms with Crippen molar-refractivity contribution in [2.24, 2.45) is 0 Å². The lowest BCUT2D eigenvalue weighted by molar-refractivity contribution is 0.0596. The van der Waals surface area contributed by atoms with Crippen LogP contribution in [0.3, 0.4) is 0 Å². The molecule has 1 aliphatic rings. The molecule has 23 heavy (non-hydrogen) atoms. The van der Waals surface area contributed by atoms with Gasteiger partial charge >= 0.3 is 0 Å². The summed E-state index contributed by atoms with van der Waals surface area (Å²) in [6.07, 6.45) is 6.45. The molecule has 2 aromatic rings. The third kappa shape index (κ3) is 2.85. The second-order valence-electron chi connectivity index (χ2n) is 6.32. The molecule has 3 rings (SSSR count). The number of carbonyl (C=O) groups is 1. The molecule has 0 aromatic carbocycles. The van der Waals surface area contributed by atoms with E-state index in [0.29, 0.717) is 12.2 Å². The van der Waals surface area contributed by atoms with Crippen molar-refractivity contribution < 1.29 is 4.79 Å². The van der Waals surface area contributed by atoms with Gasteiger partial charge in [0, 0.05) is 31.2 Å². The Balaban J connectivity index is 1.89. The number of rotatable bonds is 4. The minimum absolute atomic E-state index is 0.0371. The number of nitrogens with zero attached hydrogens (tertiary/aromatic N) is 5. The summed E-state index contributed by atoms with van der Waals surface area (Å²) < 4.78 is 1.82. The van der Waals surface area contributed by atoms with Crippen LogP contribution in [0.4, 0.5) is 0 Å². The van der Waals surface area contributed by atoms with Crippen molar-refractivity contribution in [3.63, 3.8) is 0 Å². The zero-order valence-electron chi connectivity index (χ0n) is 14.0. The number of likely N-dealkylation sites (tertiary alicyclic amines) is 1. The van der Waals surface area contributed by atoms with Crippen LogP contribution in [-0.2, 0) is 12.1 Å². The largest absolute Gasteiger partial charge is 0.325 e.